The number of hydrogen-bond acceptors (Lipinski definition) is 2. The third-order valence-electron chi connectivity index (χ3n) is 5.09. The first-order valence-corrected chi connectivity index (χ1v) is 9.04. The summed E-state index contributed by atoms with van der Waals surface area (Å²) in [6, 6.07) is 15.0. The highest BCUT2D eigenvalue weighted by molar-refractivity contribution is 5.99. The number of hydrogen-bond donors (Lipinski definition) is 1. The Morgan fingerprint density at radius 1 is 1.04 bits per heavy atom. The van der Waals surface area contributed by atoms with E-state index >= 15 is 0 Å². The number of rotatable bonds is 3. The summed E-state index contributed by atoms with van der Waals surface area (Å²) < 4.78 is 5.80. The molecule has 0 radical (unpaired) electrons. The Morgan fingerprint density at radius 2 is 1.76 bits per heavy atom. The Bertz CT molecular complexity index is 814. The second-order valence-corrected chi connectivity index (χ2v) is 7.03. The predicted molar refractivity (Wildman–Crippen MR) is 100 cm³/mol. The molecule has 2 aromatic carbocycles. The first-order valence-electron chi connectivity index (χ1n) is 9.04. The van der Waals surface area contributed by atoms with Gasteiger partial charge in [-0.25, -0.2) is 0 Å². The molecule has 0 atom stereocenters. The fraction of sp³-hybridized carbons (Fsp3) is 0.318. The largest absolute Gasteiger partial charge is 0.488 e. The summed E-state index contributed by atoms with van der Waals surface area (Å²) in [6.45, 7) is 2.43. The summed E-state index contributed by atoms with van der Waals surface area (Å²) in [5.74, 6) is 0.853. The van der Waals surface area contributed by atoms with Crippen molar-refractivity contribution < 1.29 is 9.53 Å². The quantitative estimate of drug-likeness (QED) is 0.898. The zero-order valence-corrected chi connectivity index (χ0v) is 14.5. The molecular formula is C22H23NO2. The van der Waals surface area contributed by atoms with Gasteiger partial charge in [0.15, 0.2) is 0 Å². The summed E-state index contributed by atoms with van der Waals surface area (Å²) in [7, 11) is 0. The van der Waals surface area contributed by atoms with E-state index in [0.717, 1.165) is 29.7 Å². The van der Waals surface area contributed by atoms with E-state index in [2.05, 4.69) is 48.6 Å². The van der Waals surface area contributed by atoms with Crippen LogP contribution in [0.15, 0.2) is 48.0 Å². The van der Waals surface area contributed by atoms with Gasteiger partial charge in [-0.05, 0) is 49.1 Å². The van der Waals surface area contributed by atoms with Gasteiger partial charge in [0, 0.05) is 11.6 Å². The van der Waals surface area contributed by atoms with Crippen molar-refractivity contribution >= 4 is 12.0 Å². The zero-order valence-electron chi connectivity index (χ0n) is 14.5. The maximum absolute atomic E-state index is 12.5. The maximum atomic E-state index is 12.5. The van der Waals surface area contributed by atoms with Gasteiger partial charge in [-0.15, -0.1) is 0 Å². The monoisotopic (exact) mass is 333 g/mol. The maximum Gasteiger partial charge on any atom is 0.250 e. The topological polar surface area (TPSA) is 38.3 Å². The van der Waals surface area contributed by atoms with Crippen LogP contribution in [-0.2, 0) is 4.79 Å². The van der Waals surface area contributed by atoms with Crippen molar-refractivity contribution in [3.05, 3.63) is 59.2 Å². The molecule has 3 nitrogen and oxygen atoms in total. The van der Waals surface area contributed by atoms with Crippen molar-refractivity contribution in [3.8, 4) is 16.9 Å². The van der Waals surface area contributed by atoms with Crippen LogP contribution < -0.4 is 10.1 Å². The Labute approximate surface area is 148 Å². The molecule has 1 heterocycles. The number of ether oxygens (including phenoxy) is 1. The number of aryl methyl sites for hydroxylation is 1. The highest BCUT2D eigenvalue weighted by Gasteiger charge is 2.22. The summed E-state index contributed by atoms with van der Waals surface area (Å²) >= 11 is 0. The number of nitrogens with one attached hydrogen (secondary N) is 1. The fourth-order valence-electron chi connectivity index (χ4n) is 3.58. The molecule has 0 saturated heterocycles. The molecule has 3 heteroatoms. The van der Waals surface area contributed by atoms with Crippen molar-refractivity contribution in [2.75, 3.05) is 6.61 Å². The first kappa shape index (κ1) is 15.9. The SMILES string of the molecule is Cc1ccc(-c2ccc3c(c2)C=C(C(=O)NC2CCCC2)CO3)cc1. The van der Waals surface area contributed by atoms with Gasteiger partial charge in [0.25, 0.3) is 5.91 Å². The van der Waals surface area contributed by atoms with E-state index in [4.69, 9.17) is 4.74 Å². The minimum atomic E-state index is 0.0123. The first-order chi connectivity index (χ1) is 12.2. The second kappa shape index (κ2) is 6.75. The van der Waals surface area contributed by atoms with Crippen molar-refractivity contribution in [2.45, 2.75) is 38.6 Å². The van der Waals surface area contributed by atoms with Crippen LogP contribution in [0.25, 0.3) is 17.2 Å². The standard InChI is InChI=1S/C22H23NO2/c1-15-6-8-16(9-7-15)17-10-11-21-18(12-17)13-19(14-25-21)22(24)23-20-4-2-3-5-20/h6-13,20H,2-5,14H2,1H3,(H,23,24). The molecule has 0 aromatic heterocycles. The molecule has 25 heavy (non-hydrogen) atoms. The average Bonchev–Trinajstić information content (AvgIpc) is 3.14. The Balaban J connectivity index is 1.58. The van der Waals surface area contributed by atoms with E-state index in [9.17, 15) is 4.79 Å². The lowest BCUT2D eigenvalue weighted by molar-refractivity contribution is -0.118. The number of carbonyl (C=O) groups is 1. The molecule has 128 valence electrons. The number of fused-ring (bicyclic) bond motifs is 1. The molecular weight excluding hydrogens is 310 g/mol. The van der Waals surface area contributed by atoms with Crippen LogP contribution in [0.4, 0.5) is 0 Å². The summed E-state index contributed by atoms with van der Waals surface area (Å²) in [6.07, 6.45) is 6.58. The van der Waals surface area contributed by atoms with Crippen molar-refractivity contribution in [2.24, 2.45) is 0 Å². The summed E-state index contributed by atoms with van der Waals surface area (Å²) in [5.41, 5.74) is 5.23. The van der Waals surface area contributed by atoms with Gasteiger partial charge < -0.3 is 10.1 Å². The third kappa shape index (κ3) is 3.46. The second-order valence-electron chi connectivity index (χ2n) is 7.03. The van der Waals surface area contributed by atoms with Crippen LogP contribution in [0.2, 0.25) is 0 Å². The smallest absolute Gasteiger partial charge is 0.250 e. The lowest BCUT2D eigenvalue weighted by Gasteiger charge is -2.20. The summed E-state index contributed by atoms with van der Waals surface area (Å²) in [4.78, 5) is 12.5. The van der Waals surface area contributed by atoms with Gasteiger partial charge in [-0.1, -0.05) is 48.7 Å². The number of amides is 1. The van der Waals surface area contributed by atoms with E-state index in [1.54, 1.807) is 0 Å². The van der Waals surface area contributed by atoms with Crippen LogP contribution in [-0.4, -0.2) is 18.6 Å². The minimum Gasteiger partial charge on any atom is -0.488 e. The Morgan fingerprint density at radius 3 is 2.52 bits per heavy atom. The number of benzene rings is 2. The highest BCUT2D eigenvalue weighted by Crippen LogP contribution is 2.31. The average molecular weight is 333 g/mol. The van der Waals surface area contributed by atoms with E-state index < -0.39 is 0 Å². The molecule has 0 unspecified atom stereocenters. The molecule has 1 saturated carbocycles. The lowest BCUT2D eigenvalue weighted by Crippen LogP contribution is -2.35. The van der Waals surface area contributed by atoms with Gasteiger partial charge in [0.1, 0.15) is 12.4 Å². The van der Waals surface area contributed by atoms with Gasteiger partial charge in [-0.3, -0.25) is 4.79 Å². The van der Waals surface area contributed by atoms with Gasteiger partial charge in [0.05, 0.1) is 5.57 Å². The predicted octanol–water partition coefficient (Wildman–Crippen LogP) is 4.50. The highest BCUT2D eigenvalue weighted by atomic mass is 16.5. The molecule has 1 aliphatic heterocycles. The molecule has 1 N–H and O–H groups in total. The van der Waals surface area contributed by atoms with Gasteiger partial charge in [0.2, 0.25) is 0 Å². The lowest BCUT2D eigenvalue weighted by atomic mass is 9.99. The Kier molecular flexibility index (Phi) is 4.31. The molecule has 1 amide bonds. The third-order valence-corrected chi connectivity index (χ3v) is 5.09. The van der Waals surface area contributed by atoms with E-state index in [1.807, 2.05) is 12.1 Å². The van der Waals surface area contributed by atoms with Crippen LogP contribution in [0, 0.1) is 6.92 Å². The van der Waals surface area contributed by atoms with E-state index in [0.29, 0.717) is 18.2 Å². The van der Waals surface area contributed by atoms with Crippen LogP contribution >= 0.6 is 0 Å². The normalized spacial score (nSPS) is 16.8. The van der Waals surface area contributed by atoms with Crippen LogP contribution in [0.5, 0.6) is 5.75 Å². The molecule has 0 spiro atoms. The fourth-order valence-corrected chi connectivity index (χ4v) is 3.58. The zero-order chi connectivity index (χ0) is 17.2. The van der Waals surface area contributed by atoms with Gasteiger partial charge in [-0.2, -0.15) is 0 Å². The van der Waals surface area contributed by atoms with Crippen molar-refractivity contribution in [1.29, 1.82) is 0 Å². The van der Waals surface area contributed by atoms with E-state index in [-0.39, 0.29) is 5.91 Å². The van der Waals surface area contributed by atoms with Crippen molar-refractivity contribution in [1.82, 2.24) is 5.32 Å². The molecule has 4 rings (SSSR count). The summed E-state index contributed by atoms with van der Waals surface area (Å²) in [5, 5.41) is 3.14. The Hall–Kier alpha value is -2.55. The van der Waals surface area contributed by atoms with Gasteiger partial charge >= 0.3 is 0 Å². The molecule has 0 bridgehead atoms. The molecule has 2 aromatic rings. The minimum absolute atomic E-state index is 0.0123. The molecule has 2 aliphatic rings. The molecule has 1 aliphatic carbocycles. The number of carbonyl (C=O) groups excluding carboxylic acids is 1. The molecule has 1 fully saturated rings. The van der Waals surface area contributed by atoms with Crippen molar-refractivity contribution in [3.63, 3.8) is 0 Å². The van der Waals surface area contributed by atoms with E-state index in [1.165, 1.54) is 24.0 Å². The van der Waals surface area contributed by atoms with Crippen LogP contribution in [0.3, 0.4) is 0 Å². The van der Waals surface area contributed by atoms with Crippen LogP contribution in [0.1, 0.15) is 36.8 Å².